The molecule has 2 aromatic rings. The second-order valence-electron chi connectivity index (χ2n) is 7.83. The van der Waals surface area contributed by atoms with Gasteiger partial charge in [-0.15, -0.1) is 0 Å². The molecule has 5 rings (SSSR count). The Hall–Kier alpha value is -1.85. The summed E-state index contributed by atoms with van der Waals surface area (Å²) in [5.74, 6) is 2.86. The zero-order chi connectivity index (χ0) is 19.0. The van der Waals surface area contributed by atoms with Gasteiger partial charge in [-0.3, -0.25) is 4.90 Å². The molecule has 0 amide bonds. The molecule has 3 aliphatic rings. The Morgan fingerprint density at radius 1 is 1.30 bits per heavy atom. The Morgan fingerprint density at radius 3 is 2.81 bits per heavy atom. The Kier molecular flexibility index (Phi) is 5.24. The van der Waals surface area contributed by atoms with E-state index in [0.717, 1.165) is 53.6 Å². The zero-order valence-corrected chi connectivity index (χ0v) is 16.5. The van der Waals surface area contributed by atoms with E-state index >= 15 is 0 Å². The van der Waals surface area contributed by atoms with Gasteiger partial charge in [-0.1, -0.05) is 13.3 Å². The van der Waals surface area contributed by atoms with Crippen LogP contribution < -0.4 is 9.47 Å². The molecule has 146 valence electrons. The molecule has 0 spiro atoms. The van der Waals surface area contributed by atoms with E-state index in [9.17, 15) is 5.11 Å². The van der Waals surface area contributed by atoms with Crippen molar-refractivity contribution >= 4 is 10.9 Å². The summed E-state index contributed by atoms with van der Waals surface area (Å²) in [5.41, 5.74) is 1.73. The van der Waals surface area contributed by atoms with Crippen LogP contribution >= 0.6 is 0 Å². The molecular formula is C22H30N2O3. The van der Waals surface area contributed by atoms with Gasteiger partial charge in [-0.2, -0.15) is 0 Å². The first-order valence-corrected chi connectivity index (χ1v) is 10.2. The first kappa shape index (κ1) is 18.5. The molecule has 1 aromatic carbocycles. The lowest BCUT2D eigenvalue weighted by Crippen LogP contribution is -2.55. The minimum atomic E-state index is -0.553. The van der Waals surface area contributed by atoms with Gasteiger partial charge in [-0.25, -0.2) is 4.98 Å². The molecule has 5 nitrogen and oxygen atoms in total. The van der Waals surface area contributed by atoms with Crippen molar-refractivity contribution in [2.24, 2.45) is 11.8 Å². The zero-order valence-electron chi connectivity index (χ0n) is 16.5. The lowest BCUT2D eigenvalue weighted by Gasteiger charge is -2.51. The van der Waals surface area contributed by atoms with E-state index in [1.54, 1.807) is 7.11 Å². The van der Waals surface area contributed by atoms with Crippen molar-refractivity contribution < 1.29 is 14.6 Å². The molecule has 1 N–H and O–H groups in total. The summed E-state index contributed by atoms with van der Waals surface area (Å²) in [4.78, 5) is 7.09. The molecule has 0 aliphatic carbocycles. The summed E-state index contributed by atoms with van der Waals surface area (Å²) >= 11 is 0. The molecule has 2 bridgehead atoms. The van der Waals surface area contributed by atoms with Gasteiger partial charge < -0.3 is 14.6 Å². The number of aromatic nitrogens is 1. The van der Waals surface area contributed by atoms with E-state index in [1.165, 1.54) is 12.8 Å². The highest BCUT2D eigenvalue weighted by Crippen LogP contribution is 2.43. The number of rotatable bonds is 6. The smallest absolute Gasteiger partial charge is 0.214 e. The van der Waals surface area contributed by atoms with E-state index in [1.807, 2.05) is 31.2 Å². The molecule has 3 fully saturated rings. The largest absolute Gasteiger partial charge is 0.497 e. The summed E-state index contributed by atoms with van der Waals surface area (Å²) in [6, 6.07) is 7.89. The van der Waals surface area contributed by atoms with Gasteiger partial charge >= 0.3 is 0 Å². The number of aliphatic hydroxyl groups excluding tert-OH is 1. The van der Waals surface area contributed by atoms with Gasteiger partial charge in [0, 0.05) is 24.0 Å². The van der Waals surface area contributed by atoms with Crippen LogP contribution in [0.15, 0.2) is 24.3 Å². The number of aliphatic hydroxyl groups is 1. The fourth-order valence-electron chi connectivity index (χ4n) is 4.98. The minimum Gasteiger partial charge on any atom is -0.497 e. The van der Waals surface area contributed by atoms with E-state index < -0.39 is 6.10 Å². The Balaban J connectivity index is 1.73. The van der Waals surface area contributed by atoms with Crippen LogP contribution in [-0.4, -0.2) is 47.8 Å². The number of hydrogen-bond donors (Lipinski definition) is 1. The topological polar surface area (TPSA) is 54.8 Å². The van der Waals surface area contributed by atoms with Gasteiger partial charge in [0.25, 0.3) is 0 Å². The summed E-state index contributed by atoms with van der Waals surface area (Å²) in [7, 11) is 1.66. The van der Waals surface area contributed by atoms with Crippen LogP contribution in [0.3, 0.4) is 0 Å². The molecule has 5 atom stereocenters. The highest BCUT2D eigenvalue weighted by molar-refractivity contribution is 5.84. The fraction of sp³-hybridized carbons (Fsp3) is 0.591. The van der Waals surface area contributed by atoms with Crippen LogP contribution in [0.1, 0.15) is 44.8 Å². The molecule has 27 heavy (non-hydrogen) atoms. The van der Waals surface area contributed by atoms with Crippen molar-refractivity contribution in [1.82, 2.24) is 9.88 Å². The summed E-state index contributed by atoms with van der Waals surface area (Å²) in [6.07, 6.45) is 3.00. The SMILES string of the molecule is CCOc1cc([C@@H](O)[C@@H]2C[C@@H]3CCN2C[C@@H]3CC)c2cc(OC)ccc2n1. The summed E-state index contributed by atoms with van der Waals surface area (Å²) in [5, 5.41) is 12.4. The van der Waals surface area contributed by atoms with Crippen molar-refractivity contribution in [2.75, 3.05) is 26.8 Å². The molecular weight excluding hydrogens is 340 g/mol. The normalized spacial score (nSPS) is 28.3. The monoisotopic (exact) mass is 370 g/mol. The number of methoxy groups -OCH3 is 1. The first-order chi connectivity index (χ1) is 13.1. The standard InChI is InChI=1S/C22H30N2O3/c1-4-14-13-24-9-8-15(14)10-20(24)22(25)18-12-21(27-5-2)23-19-7-6-16(26-3)11-17(18)19/h6-7,11-12,14-15,20,22,25H,4-5,8-10,13H2,1-3H3/t14-,15-,20-,22+/m0/s1. The van der Waals surface area contributed by atoms with Gasteiger partial charge in [0.15, 0.2) is 0 Å². The van der Waals surface area contributed by atoms with Gasteiger partial charge in [0.1, 0.15) is 5.75 Å². The average molecular weight is 370 g/mol. The quantitative estimate of drug-likeness (QED) is 0.838. The van der Waals surface area contributed by atoms with Crippen LogP contribution in [0.25, 0.3) is 10.9 Å². The van der Waals surface area contributed by atoms with E-state index in [4.69, 9.17) is 9.47 Å². The number of ether oxygens (including phenoxy) is 2. The van der Waals surface area contributed by atoms with Crippen LogP contribution in [0.5, 0.6) is 11.6 Å². The molecule has 0 saturated carbocycles. The molecule has 1 aromatic heterocycles. The lowest BCUT2D eigenvalue weighted by molar-refractivity contribution is -0.0562. The van der Waals surface area contributed by atoms with Crippen LogP contribution in [0, 0.1) is 11.8 Å². The molecule has 1 unspecified atom stereocenters. The number of fused-ring (bicyclic) bond motifs is 4. The predicted octanol–water partition coefficient (Wildman–Crippen LogP) is 3.80. The maximum atomic E-state index is 11.4. The Labute approximate surface area is 161 Å². The lowest BCUT2D eigenvalue weighted by atomic mass is 9.72. The number of hydrogen-bond acceptors (Lipinski definition) is 5. The predicted molar refractivity (Wildman–Crippen MR) is 106 cm³/mol. The highest BCUT2D eigenvalue weighted by Gasteiger charge is 2.42. The molecule has 3 aliphatic heterocycles. The highest BCUT2D eigenvalue weighted by atomic mass is 16.5. The van der Waals surface area contributed by atoms with E-state index in [-0.39, 0.29) is 6.04 Å². The third kappa shape index (κ3) is 3.39. The van der Waals surface area contributed by atoms with Gasteiger partial charge in [0.05, 0.1) is 25.3 Å². The van der Waals surface area contributed by atoms with Gasteiger partial charge in [-0.05, 0) is 61.9 Å². The maximum absolute atomic E-state index is 11.4. The molecule has 3 saturated heterocycles. The summed E-state index contributed by atoms with van der Waals surface area (Å²) < 4.78 is 11.1. The third-order valence-electron chi connectivity index (χ3n) is 6.46. The maximum Gasteiger partial charge on any atom is 0.214 e. The average Bonchev–Trinajstić information content (AvgIpc) is 2.72. The van der Waals surface area contributed by atoms with Crippen molar-refractivity contribution in [3.8, 4) is 11.6 Å². The van der Waals surface area contributed by atoms with Crippen molar-refractivity contribution in [3.63, 3.8) is 0 Å². The molecule has 5 heteroatoms. The Morgan fingerprint density at radius 2 is 2.15 bits per heavy atom. The minimum absolute atomic E-state index is 0.165. The second kappa shape index (κ2) is 7.64. The van der Waals surface area contributed by atoms with E-state index in [0.29, 0.717) is 12.5 Å². The Bertz CT molecular complexity index is 809. The van der Waals surface area contributed by atoms with Crippen LogP contribution in [0.4, 0.5) is 0 Å². The van der Waals surface area contributed by atoms with Crippen molar-refractivity contribution in [2.45, 2.75) is 45.3 Å². The first-order valence-electron chi connectivity index (χ1n) is 10.2. The fourth-order valence-corrected chi connectivity index (χ4v) is 4.98. The molecule has 0 radical (unpaired) electrons. The van der Waals surface area contributed by atoms with Gasteiger partial charge in [0.2, 0.25) is 5.88 Å². The molecule has 4 heterocycles. The van der Waals surface area contributed by atoms with Crippen molar-refractivity contribution in [3.05, 3.63) is 29.8 Å². The number of piperidine rings is 3. The van der Waals surface area contributed by atoms with E-state index in [2.05, 4.69) is 16.8 Å². The number of benzene rings is 1. The van der Waals surface area contributed by atoms with Crippen molar-refractivity contribution in [1.29, 1.82) is 0 Å². The van der Waals surface area contributed by atoms with Crippen LogP contribution in [-0.2, 0) is 0 Å². The summed E-state index contributed by atoms with van der Waals surface area (Å²) in [6.45, 7) is 6.99. The number of nitrogens with zero attached hydrogens (tertiary/aromatic N) is 2. The third-order valence-corrected chi connectivity index (χ3v) is 6.46. The number of pyridine rings is 1. The van der Waals surface area contributed by atoms with Crippen LogP contribution in [0.2, 0.25) is 0 Å². The second-order valence-corrected chi connectivity index (χ2v) is 7.83.